The van der Waals surface area contributed by atoms with Gasteiger partial charge in [-0.2, -0.15) is 5.26 Å². The van der Waals surface area contributed by atoms with Crippen LogP contribution in [0.25, 0.3) is 0 Å². The van der Waals surface area contributed by atoms with Crippen LogP contribution in [0.5, 0.6) is 0 Å². The van der Waals surface area contributed by atoms with Crippen LogP contribution >= 0.6 is 0 Å². The van der Waals surface area contributed by atoms with Crippen molar-refractivity contribution in [3.05, 3.63) is 34.9 Å². The molecule has 0 N–H and O–H groups in total. The van der Waals surface area contributed by atoms with Crippen molar-refractivity contribution in [1.29, 1.82) is 5.26 Å². The zero-order valence-electron chi connectivity index (χ0n) is 8.62. The summed E-state index contributed by atoms with van der Waals surface area (Å²) in [6, 6.07) is 6.34. The van der Waals surface area contributed by atoms with E-state index in [9.17, 15) is 13.6 Å². The molecule has 0 aliphatic carbocycles. The predicted octanol–water partition coefficient (Wildman–Crippen LogP) is 2.82. The van der Waals surface area contributed by atoms with Crippen LogP contribution in [-0.2, 0) is 17.6 Å². The highest BCUT2D eigenvalue weighted by molar-refractivity contribution is 5.50. The molecular weight excluding hydrogens is 212 g/mol. The van der Waals surface area contributed by atoms with E-state index in [-0.39, 0.29) is 12.0 Å². The van der Waals surface area contributed by atoms with Gasteiger partial charge < -0.3 is 4.79 Å². The van der Waals surface area contributed by atoms with Gasteiger partial charge in [0.2, 0.25) is 0 Å². The highest BCUT2D eigenvalue weighted by atomic mass is 19.3. The van der Waals surface area contributed by atoms with Gasteiger partial charge in [-0.1, -0.05) is 18.2 Å². The molecule has 0 heterocycles. The first-order valence-corrected chi connectivity index (χ1v) is 4.89. The number of aryl methyl sites for hydroxylation is 1. The fraction of sp³-hybridized carbons (Fsp3) is 0.333. The number of halogens is 2. The van der Waals surface area contributed by atoms with Crippen LogP contribution in [0.15, 0.2) is 18.2 Å². The van der Waals surface area contributed by atoms with Gasteiger partial charge in [0.25, 0.3) is 6.43 Å². The molecule has 4 heteroatoms. The molecule has 0 bridgehead atoms. The molecule has 0 aliphatic rings. The lowest BCUT2D eigenvalue weighted by Gasteiger charge is -2.08. The van der Waals surface area contributed by atoms with Crippen molar-refractivity contribution >= 4 is 6.29 Å². The summed E-state index contributed by atoms with van der Waals surface area (Å²) in [5.74, 6) is 0. The maximum absolute atomic E-state index is 12.6. The maximum Gasteiger partial charge on any atom is 0.264 e. The van der Waals surface area contributed by atoms with Crippen LogP contribution in [0, 0.1) is 11.3 Å². The van der Waals surface area contributed by atoms with Gasteiger partial charge in [-0.05, 0) is 17.5 Å². The average molecular weight is 223 g/mol. The molecule has 1 rings (SSSR count). The molecule has 1 aromatic carbocycles. The van der Waals surface area contributed by atoms with Crippen molar-refractivity contribution in [2.24, 2.45) is 0 Å². The minimum absolute atomic E-state index is 0.0331. The Morgan fingerprint density at radius 1 is 1.44 bits per heavy atom. The summed E-state index contributed by atoms with van der Waals surface area (Å²) in [5, 5.41) is 8.54. The van der Waals surface area contributed by atoms with Crippen LogP contribution < -0.4 is 0 Å². The molecule has 0 aliphatic heterocycles. The number of hydrogen-bond acceptors (Lipinski definition) is 2. The molecule has 16 heavy (non-hydrogen) atoms. The number of rotatable bonds is 5. The standard InChI is InChI=1S/C12H11F2NO/c13-12(14)11-4-3-9(2-1-7-16)8-10(11)5-6-15/h3-4,7-8,12H,1-2,5H2. The lowest BCUT2D eigenvalue weighted by molar-refractivity contribution is -0.107. The Bertz CT molecular complexity index is 410. The fourth-order valence-electron chi connectivity index (χ4n) is 1.49. The summed E-state index contributed by atoms with van der Waals surface area (Å²) >= 11 is 0. The first kappa shape index (κ1) is 12.3. The summed E-state index contributed by atoms with van der Waals surface area (Å²) in [5.41, 5.74) is 1.05. The Labute approximate surface area is 92.5 Å². The first-order valence-electron chi connectivity index (χ1n) is 4.89. The van der Waals surface area contributed by atoms with E-state index in [4.69, 9.17) is 5.26 Å². The van der Waals surface area contributed by atoms with Gasteiger partial charge in [0, 0.05) is 12.0 Å². The maximum atomic E-state index is 12.6. The largest absolute Gasteiger partial charge is 0.303 e. The summed E-state index contributed by atoms with van der Waals surface area (Å²) in [4.78, 5) is 10.2. The number of carbonyl (C=O) groups is 1. The normalized spacial score (nSPS) is 10.1. The van der Waals surface area contributed by atoms with Crippen molar-refractivity contribution in [1.82, 2.24) is 0 Å². The summed E-state index contributed by atoms with van der Waals surface area (Å²) in [6.45, 7) is 0. The Kier molecular flexibility index (Phi) is 4.59. The monoisotopic (exact) mass is 223 g/mol. The topological polar surface area (TPSA) is 40.9 Å². The van der Waals surface area contributed by atoms with E-state index in [0.717, 1.165) is 11.8 Å². The second kappa shape index (κ2) is 5.96. The number of alkyl halides is 2. The van der Waals surface area contributed by atoms with Gasteiger partial charge in [-0.3, -0.25) is 0 Å². The van der Waals surface area contributed by atoms with E-state index in [2.05, 4.69) is 0 Å². The third-order valence-electron chi connectivity index (χ3n) is 2.26. The molecular formula is C12H11F2NO. The van der Waals surface area contributed by atoms with Crippen LogP contribution in [0.1, 0.15) is 29.5 Å². The summed E-state index contributed by atoms with van der Waals surface area (Å²) in [7, 11) is 0. The van der Waals surface area contributed by atoms with E-state index >= 15 is 0 Å². The molecule has 0 atom stereocenters. The van der Waals surface area contributed by atoms with Crippen LogP contribution in [0.2, 0.25) is 0 Å². The number of hydrogen-bond donors (Lipinski definition) is 0. The second-order valence-corrected chi connectivity index (χ2v) is 3.37. The molecule has 0 saturated heterocycles. The van der Waals surface area contributed by atoms with Crippen molar-refractivity contribution in [3.8, 4) is 6.07 Å². The molecule has 1 aromatic rings. The van der Waals surface area contributed by atoms with Crippen molar-refractivity contribution < 1.29 is 13.6 Å². The van der Waals surface area contributed by atoms with Gasteiger partial charge in [-0.25, -0.2) is 8.78 Å². The van der Waals surface area contributed by atoms with Crippen LogP contribution in [0.4, 0.5) is 8.78 Å². The Balaban J connectivity index is 2.98. The lowest BCUT2D eigenvalue weighted by atomic mass is 10.00. The SMILES string of the molecule is N#CCc1cc(CCC=O)ccc1C(F)F. The fourth-order valence-corrected chi connectivity index (χ4v) is 1.49. The average Bonchev–Trinajstić information content (AvgIpc) is 2.26. The molecule has 0 saturated carbocycles. The molecule has 84 valence electrons. The van der Waals surface area contributed by atoms with Gasteiger partial charge >= 0.3 is 0 Å². The summed E-state index contributed by atoms with van der Waals surface area (Å²) < 4.78 is 25.1. The molecule has 2 nitrogen and oxygen atoms in total. The quantitative estimate of drug-likeness (QED) is 0.720. The minimum Gasteiger partial charge on any atom is -0.303 e. The van der Waals surface area contributed by atoms with E-state index in [1.807, 2.05) is 6.07 Å². The number of nitriles is 1. The molecule has 0 radical (unpaired) electrons. The predicted molar refractivity (Wildman–Crippen MR) is 55.1 cm³/mol. The number of aldehydes is 1. The highest BCUT2D eigenvalue weighted by Crippen LogP contribution is 2.24. The van der Waals surface area contributed by atoms with Gasteiger partial charge in [-0.15, -0.1) is 0 Å². The molecule has 0 amide bonds. The van der Waals surface area contributed by atoms with E-state index in [1.54, 1.807) is 12.1 Å². The third kappa shape index (κ3) is 3.13. The van der Waals surface area contributed by atoms with Gasteiger partial charge in [0.15, 0.2) is 0 Å². The number of carbonyl (C=O) groups excluding carboxylic acids is 1. The van der Waals surface area contributed by atoms with E-state index < -0.39 is 6.43 Å². The Hall–Kier alpha value is -1.76. The van der Waals surface area contributed by atoms with Crippen molar-refractivity contribution in [3.63, 3.8) is 0 Å². The van der Waals surface area contributed by atoms with Gasteiger partial charge in [0.1, 0.15) is 6.29 Å². The van der Waals surface area contributed by atoms with Crippen LogP contribution in [-0.4, -0.2) is 6.29 Å². The molecule has 0 spiro atoms. The van der Waals surface area contributed by atoms with E-state index in [1.165, 1.54) is 6.07 Å². The Morgan fingerprint density at radius 3 is 2.75 bits per heavy atom. The minimum atomic E-state index is -2.57. The van der Waals surface area contributed by atoms with Crippen LogP contribution in [0.3, 0.4) is 0 Å². The lowest BCUT2D eigenvalue weighted by Crippen LogP contribution is -1.97. The molecule has 0 aromatic heterocycles. The van der Waals surface area contributed by atoms with Crippen molar-refractivity contribution in [2.45, 2.75) is 25.7 Å². The van der Waals surface area contributed by atoms with E-state index in [0.29, 0.717) is 18.4 Å². The van der Waals surface area contributed by atoms with Crippen molar-refractivity contribution in [2.75, 3.05) is 0 Å². The smallest absolute Gasteiger partial charge is 0.264 e. The molecule has 0 fully saturated rings. The third-order valence-corrected chi connectivity index (χ3v) is 2.26. The summed E-state index contributed by atoms with van der Waals surface area (Å²) in [6.07, 6.45) is -0.936. The molecule has 0 unspecified atom stereocenters. The van der Waals surface area contributed by atoms with Gasteiger partial charge in [0.05, 0.1) is 12.5 Å². The second-order valence-electron chi connectivity index (χ2n) is 3.37. The highest BCUT2D eigenvalue weighted by Gasteiger charge is 2.12. The number of nitrogens with zero attached hydrogens (tertiary/aromatic N) is 1. The first-order chi connectivity index (χ1) is 7.69. The zero-order chi connectivity index (χ0) is 12.0. The number of benzene rings is 1. The Morgan fingerprint density at radius 2 is 2.19 bits per heavy atom. The zero-order valence-corrected chi connectivity index (χ0v) is 8.62.